The average Bonchev–Trinajstić information content (AvgIpc) is 2.29. The third-order valence-electron chi connectivity index (χ3n) is 1.84. The van der Waals surface area contributed by atoms with Gasteiger partial charge in [-0.25, -0.2) is 9.78 Å². The van der Waals surface area contributed by atoms with E-state index in [9.17, 15) is 4.79 Å². The average molecular weight is 216 g/mol. The fourth-order valence-corrected chi connectivity index (χ4v) is 1.09. The molecule has 0 fully saturated rings. The summed E-state index contributed by atoms with van der Waals surface area (Å²) < 4.78 is 0. The van der Waals surface area contributed by atoms with Crippen LogP contribution in [0.2, 0.25) is 0 Å². The molecule has 80 valence electrons. The molecule has 0 unspecified atom stereocenters. The molecule has 1 heterocycles. The molecule has 0 amide bonds. The third-order valence-corrected chi connectivity index (χ3v) is 1.84. The summed E-state index contributed by atoms with van der Waals surface area (Å²) in [5.74, 6) is -0.653. The highest BCUT2D eigenvalue weighted by molar-refractivity contribution is 5.87. The lowest BCUT2D eigenvalue weighted by atomic mass is 10.3. The number of hydrogen-bond donors (Lipinski definition) is 1. The number of carboxylic acids is 1. The van der Waals surface area contributed by atoms with E-state index in [1.807, 2.05) is 12.1 Å². The molecule has 0 aliphatic rings. The van der Waals surface area contributed by atoms with E-state index < -0.39 is 5.97 Å². The smallest absolute Gasteiger partial charge is 0.337 e. The van der Waals surface area contributed by atoms with Gasteiger partial charge in [0.2, 0.25) is 0 Å². The predicted octanol–water partition coefficient (Wildman–Crippen LogP) is 0.633. The van der Waals surface area contributed by atoms with E-state index in [0.29, 0.717) is 5.82 Å². The van der Waals surface area contributed by atoms with E-state index in [2.05, 4.69) is 4.98 Å². The number of hydrogen-bond acceptors (Lipinski definition) is 5. The van der Waals surface area contributed by atoms with Crippen LogP contribution in [0, 0.1) is 22.7 Å². The first-order valence-corrected chi connectivity index (χ1v) is 4.37. The molecule has 0 aliphatic carbocycles. The lowest BCUT2D eigenvalue weighted by Gasteiger charge is -2.16. The van der Waals surface area contributed by atoms with Crippen LogP contribution in [-0.4, -0.2) is 29.1 Å². The van der Waals surface area contributed by atoms with Crippen molar-refractivity contribution in [3.05, 3.63) is 23.9 Å². The molecular weight excluding hydrogens is 208 g/mol. The van der Waals surface area contributed by atoms with Gasteiger partial charge in [-0.3, -0.25) is 0 Å². The number of nitrogens with zero attached hydrogens (tertiary/aromatic N) is 4. The van der Waals surface area contributed by atoms with Crippen molar-refractivity contribution in [2.24, 2.45) is 0 Å². The van der Waals surface area contributed by atoms with Crippen molar-refractivity contribution in [3.63, 3.8) is 0 Å². The van der Waals surface area contributed by atoms with Crippen molar-refractivity contribution in [1.29, 1.82) is 10.5 Å². The Hall–Kier alpha value is -2.60. The van der Waals surface area contributed by atoms with Crippen LogP contribution in [0.5, 0.6) is 0 Å². The van der Waals surface area contributed by atoms with Crippen LogP contribution in [-0.2, 0) is 0 Å². The molecule has 1 aromatic rings. The Labute approximate surface area is 92.0 Å². The molecule has 0 saturated carbocycles. The third kappa shape index (κ3) is 2.69. The Morgan fingerprint density at radius 2 is 2.00 bits per heavy atom. The number of rotatable bonds is 4. The van der Waals surface area contributed by atoms with Gasteiger partial charge in [-0.15, -0.1) is 0 Å². The molecule has 1 N–H and O–H groups in total. The Kier molecular flexibility index (Phi) is 3.82. The minimum atomic E-state index is -1.06. The second-order valence-corrected chi connectivity index (χ2v) is 2.88. The Balaban J connectivity index is 2.91. The molecule has 6 heteroatoms. The highest BCUT2D eigenvalue weighted by Gasteiger charge is 2.08. The molecule has 0 spiro atoms. The molecule has 0 bridgehead atoms. The first kappa shape index (κ1) is 11.5. The fraction of sp³-hybridized carbons (Fsp3) is 0.200. The van der Waals surface area contributed by atoms with Gasteiger partial charge in [-0.05, 0) is 12.1 Å². The number of nitriles is 2. The number of anilines is 1. The largest absolute Gasteiger partial charge is 0.478 e. The number of aromatic carboxylic acids is 1. The fourth-order valence-electron chi connectivity index (χ4n) is 1.09. The molecule has 0 atom stereocenters. The summed E-state index contributed by atoms with van der Waals surface area (Å²) in [6, 6.07) is 6.67. The van der Waals surface area contributed by atoms with Gasteiger partial charge in [0.1, 0.15) is 18.9 Å². The topological polar surface area (TPSA) is 101 Å². The van der Waals surface area contributed by atoms with Crippen molar-refractivity contribution < 1.29 is 9.90 Å². The monoisotopic (exact) mass is 216 g/mol. The molecule has 1 rings (SSSR count). The standard InChI is InChI=1S/C10H8N4O2/c11-3-5-14(6-4-12)9-2-1-8(7-13-9)10(15)16/h1-2,7H,5-6H2,(H,15,16). The lowest BCUT2D eigenvalue weighted by molar-refractivity contribution is 0.0696. The van der Waals surface area contributed by atoms with Crippen molar-refractivity contribution in [2.75, 3.05) is 18.0 Å². The van der Waals surface area contributed by atoms with Crippen LogP contribution >= 0.6 is 0 Å². The maximum absolute atomic E-state index is 10.6. The predicted molar refractivity (Wildman–Crippen MR) is 54.6 cm³/mol. The minimum absolute atomic E-state index is 0.0347. The quantitative estimate of drug-likeness (QED) is 0.741. The first-order valence-electron chi connectivity index (χ1n) is 4.37. The minimum Gasteiger partial charge on any atom is -0.478 e. The van der Waals surface area contributed by atoms with Crippen LogP contribution in [0.15, 0.2) is 18.3 Å². The van der Waals surface area contributed by atoms with Gasteiger partial charge < -0.3 is 10.0 Å². The van der Waals surface area contributed by atoms with Crippen molar-refractivity contribution in [1.82, 2.24) is 4.98 Å². The highest BCUT2D eigenvalue weighted by atomic mass is 16.4. The summed E-state index contributed by atoms with van der Waals surface area (Å²) in [5.41, 5.74) is 0.0672. The zero-order valence-electron chi connectivity index (χ0n) is 8.29. The van der Waals surface area contributed by atoms with Gasteiger partial charge in [0, 0.05) is 6.20 Å². The van der Waals surface area contributed by atoms with E-state index in [0.717, 1.165) is 0 Å². The maximum Gasteiger partial charge on any atom is 0.337 e. The summed E-state index contributed by atoms with van der Waals surface area (Å²) in [6.07, 6.45) is 1.19. The lowest BCUT2D eigenvalue weighted by Crippen LogP contribution is -2.24. The van der Waals surface area contributed by atoms with E-state index in [4.69, 9.17) is 15.6 Å². The second kappa shape index (κ2) is 5.32. The normalized spacial score (nSPS) is 8.88. The summed E-state index contributed by atoms with van der Waals surface area (Å²) in [6.45, 7) is 0.0694. The summed E-state index contributed by atoms with van der Waals surface area (Å²) >= 11 is 0. The summed E-state index contributed by atoms with van der Waals surface area (Å²) in [7, 11) is 0. The van der Waals surface area contributed by atoms with Gasteiger partial charge in [0.15, 0.2) is 0 Å². The Morgan fingerprint density at radius 3 is 2.38 bits per heavy atom. The van der Waals surface area contributed by atoms with Gasteiger partial charge in [-0.2, -0.15) is 10.5 Å². The van der Waals surface area contributed by atoms with Gasteiger partial charge >= 0.3 is 5.97 Å². The van der Waals surface area contributed by atoms with Crippen LogP contribution in [0.1, 0.15) is 10.4 Å². The van der Waals surface area contributed by atoms with Crippen LogP contribution in [0.25, 0.3) is 0 Å². The van der Waals surface area contributed by atoms with Crippen molar-refractivity contribution >= 4 is 11.8 Å². The van der Waals surface area contributed by atoms with E-state index in [1.165, 1.54) is 23.2 Å². The summed E-state index contributed by atoms with van der Waals surface area (Å²) in [4.78, 5) is 15.9. The molecular formula is C10H8N4O2. The molecule has 16 heavy (non-hydrogen) atoms. The molecule has 0 radical (unpaired) electrons. The highest BCUT2D eigenvalue weighted by Crippen LogP contribution is 2.10. The number of aromatic nitrogens is 1. The Morgan fingerprint density at radius 1 is 1.38 bits per heavy atom. The molecule has 0 aliphatic heterocycles. The maximum atomic E-state index is 10.6. The van der Waals surface area contributed by atoms with Gasteiger partial charge in [-0.1, -0.05) is 0 Å². The van der Waals surface area contributed by atoms with E-state index >= 15 is 0 Å². The Bertz CT molecular complexity index is 439. The molecule has 0 aromatic carbocycles. The number of carbonyl (C=O) groups is 1. The first-order chi connectivity index (χ1) is 7.69. The number of pyridine rings is 1. The van der Waals surface area contributed by atoms with Crippen molar-refractivity contribution in [3.8, 4) is 12.1 Å². The van der Waals surface area contributed by atoms with E-state index in [1.54, 1.807) is 0 Å². The van der Waals surface area contributed by atoms with E-state index in [-0.39, 0.29) is 18.7 Å². The van der Waals surface area contributed by atoms with Gasteiger partial charge in [0.25, 0.3) is 0 Å². The zero-order chi connectivity index (χ0) is 12.0. The molecule has 1 aromatic heterocycles. The van der Waals surface area contributed by atoms with Crippen LogP contribution in [0.3, 0.4) is 0 Å². The molecule has 6 nitrogen and oxygen atoms in total. The van der Waals surface area contributed by atoms with Crippen LogP contribution < -0.4 is 4.90 Å². The molecule has 0 saturated heterocycles. The zero-order valence-corrected chi connectivity index (χ0v) is 8.29. The van der Waals surface area contributed by atoms with Crippen molar-refractivity contribution in [2.45, 2.75) is 0 Å². The summed E-state index contributed by atoms with van der Waals surface area (Å²) in [5, 5.41) is 25.8. The second-order valence-electron chi connectivity index (χ2n) is 2.88. The van der Waals surface area contributed by atoms with Gasteiger partial charge in [0.05, 0.1) is 17.7 Å². The SMILES string of the molecule is N#CCN(CC#N)c1ccc(C(=O)O)cn1. The van der Waals surface area contributed by atoms with Crippen LogP contribution in [0.4, 0.5) is 5.82 Å². The number of carboxylic acid groups (broad SMARTS) is 1.